The molecule has 34 heavy (non-hydrogen) atoms. The third-order valence-corrected chi connectivity index (χ3v) is 6.05. The fourth-order valence-electron chi connectivity index (χ4n) is 4.24. The molecular weight excluding hydrogens is 422 g/mol. The lowest BCUT2D eigenvalue weighted by molar-refractivity contribution is -0.116. The predicted molar refractivity (Wildman–Crippen MR) is 139 cm³/mol. The van der Waals surface area contributed by atoms with E-state index in [0.29, 0.717) is 13.1 Å². The topological polar surface area (TPSA) is 52.7 Å². The molecule has 0 aromatic heterocycles. The molecule has 0 aliphatic carbocycles. The first kappa shape index (κ1) is 23.5. The van der Waals surface area contributed by atoms with E-state index in [9.17, 15) is 9.59 Å². The van der Waals surface area contributed by atoms with Crippen LogP contribution in [0.15, 0.2) is 84.9 Å². The quantitative estimate of drug-likeness (QED) is 0.373. The summed E-state index contributed by atoms with van der Waals surface area (Å²) in [4.78, 5) is 28.9. The van der Waals surface area contributed by atoms with Gasteiger partial charge in [-0.15, -0.1) is 0 Å². The number of rotatable bonds is 9. The highest BCUT2D eigenvalue weighted by molar-refractivity contribution is 6.04. The van der Waals surface area contributed by atoms with Crippen LogP contribution in [0.5, 0.6) is 0 Å². The fraction of sp³-hybridized carbons (Fsp3) is 0.241. The van der Waals surface area contributed by atoms with Crippen LogP contribution in [0, 0.1) is 0 Å². The minimum atomic E-state index is -0.0702. The van der Waals surface area contributed by atoms with Gasteiger partial charge in [0.2, 0.25) is 5.91 Å². The first-order chi connectivity index (χ1) is 16.6. The highest BCUT2D eigenvalue weighted by Gasteiger charge is 2.24. The minimum Gasteiger partial charge on any atom is -0.313 e. The van der Waals surface area contributed by atoms with Gasteiger partial charge in [-0.1, -0.05) is 66.7 Å². The molecule has 174 valence electrons. The maximum absolute atomic E-state index is 13.3. The van der Waals surface area contributed by atoms with Crippen LogP contribution in [-0.2, 0) is 22.6 Å². The predicted octanol–water partition coefficient (Wildman–Crippen LogP) is 4.82. The molecule has 0 bridgehead atoms. The van der Waals surface area contributed by atoms with E-state index in [1.54, 1.807) is 22.8 Å². The number of hydrogen-bond acceptors (Lipinski definition) is 3. The van der Waals surface area contributed by atoms with E-state index >= 15 is 0 Å². The van der Waals surface area contributed by atoms with Crippen LogP contribution in [-0.4, -0.2) is 31.4 Å². The van der Waals surface area contributed by atoms with Crippen molar-refractivity contribution in [3.8, 4) is 0 Å². The van der Waals surface area contributed by atoms with Crippen LogP contribution in [0.4, 0.5) is 11.4 Å². The Kier molecular flexibility index (Phi) is 7.89. The van der Waals surface area contributed by atoms with Gasteiger partial charge < -0.3 is 15.1 Å². The standard InChI is InChI=1S/C29H31N3O2/c1-23(33)31-20-17-26-14-15-27(21-28(26)31)32(29(34)16-13-24-9-4-2-5-10-24)19-8-18-30-22-25-11-6-3-7-12-25/h2-7,9-16,21,30H,8,17-20,22H2,1H3. The van der Waals surface area contributed by atoms with E-state index in [-0.39, 0.29) is 11.8 Å². The van der Waals surface area contributed by atoms with Gasteiger partial charge >= 0.3 is 0 Å². The monoisotopic (exact) mass is 453 g/mol. The number of carbonyl (C=O) groups excluding carboxylic acids is 2. The molecule has 1 aliphatic heterocycles. The molecule has 5 heteroatoms. The van der Waals surface area contributed by atoms with Crippen LogP contribution < -0.4 is 15.1 Å². The van der Waals surface area contributed by atoms with E-state index in [0.717, 1.165) is 48.4 Å². The van der Waals surface area contributed by atoms with E-state index < -0.39 is 0 Å². The van der Waals surface area contributed by atoms with Crippen molar-refractivity contribution >= 4 is 29.3 Å². The van der Waals surface area contributed by atoms with Gasteiger partial charge in [0.1, 0.15) is 0 Å². The summed E-state index contributed by atoms with van der Waals surface area (Å²) in [5, 5.41) is 3.46. The summed E-state index contributed by atoms with van der Waals surface area (Å²) in [5.41, 5.74) is 5.10. The summed E-state index contributed by atoms with van der Waals surface area (Å²) in [6.45, 7) is 4.46. The van der Waals surface area contributed by atoms with Gasteiger partial charge in [-0.05, 0) is 54.3 Å². The molecule has 1 N–H and O–H groups in total. The van der Waals surface area contributed by atoms with Crippen molar-refractivity contribution in [3.05, 3.63) is 102 Å². The second-order valence-electron chi connectivity index (χ2n) is 8.48. The molecule has 0 atom stereocenters. The summed E-state index contributed by atoms with van der Waals surface area (Å²) in [5.74, 6) is -0.0397. The average Bonchev–Trinajstić information content (AvgIpc) is 3.30. The summed E-state index contributed by atoms with van der Waals surface area (Å²) >= 11 is 0. The van der Waals surface area contributed by atoms with Crippen molar-refractivity contribution in [1.82, 2.24) is 5.32 Å². The van der Waals surface area contributed by atoms with Crippen LogP contribution in [0.2, 0.25) is 0 Å². The summed E-state index contributed by atoms with van der Waals surface area (Å²) in [6, 6.07) is 26.1. The Hall–Kier alpha value is -3.70. The van der Waals surface area contributed by atoms with Gasteiger partial charge in [-0.3, -0.25) is 9.59 Å². The first-order valence-corrected chi connectivity index (χ1v) is 11.8. The molecule has 1 aliphatic rings. The lowest BCUT2D eigenvalue weighted by atomic mass is 10.1. The third-order valence-electron chi connectivity index (χ3n) is 6.05. The van der Waals surface area contributed by atoms with Crippen molar-refractivity contribution in [2.24, 2.45) is 0 Å². The fourth-order valence-corrected chi connectivity index (χ4v) is 4.24. The molecule has 0 fully saturated rings. The van der Waals surface area contributed by atoms with Gasteiger partial charge in [-0.25, -0.2) is 0 Å². The number of nitrogens with zero attached hydrogens (tertiary/aromatic N) is 2. The molecule has 5 nitrogen and oxygen atoms in total. The van der Waals surface area contributed by atoms with Crippen LogP contribution >= 0.6 is 0 Å². The number of anilines is 2. The number of hydrogen-bond donors (Lipinski definition) is 1. The maximum atomic E-state index is 13.3. The molecule has 4 rings (SSSR count). The second-order valence-corrected chi connectivity index (χ2v) is 8.48. The highest BCUT2D eigenvalue weighted by Crippen LogP contribution is 2.32. The molecule has 0 spiro atoms. The Morgan fingerprint density at radius 1 is 1.00 bits per heavy atom. The molecule has 0 saturated carbocycles. The first-order valence-electron chi connectivity index (χ1n) is 11.8. The number of carbonyl (C=O) groups is 2. The van der Waals surface area contributed by atoms with Gasteiger partial charge in [0, 0.05) is 44.0 Å². The Labute approximate surface area is 201 Å². The van der Waals surface area contributed by atoms with Crippen LogP contribution in [0.1, 0.15) is 30.0 Å². The Bertz CT molecular complexity index is 1140. The molecule has 3 aromatic rings. The van der Waals surface area contributed by atoms with Gasteiger partial charge in [-0.2, -0.15) is 0 Å². The Morgan fingerprint density at radius 2 is 1.74 bits per heavy atom. The van der Waals surface area contributed by atoms with Crippen LogP contribution in [0.25, 0.3) is 6.08 Å². The highest BCUT2D eigenvalue weighted by atomic mass is 16.2. The number of benzene rings is 3. The van der Waals surface area contributed by atoms with Crippen molar-refractivity contribution in [3.63, 3.8) is 0 Å². The summed E-state index contributed by atoms with van der Waals surface area (Å²) in [7, 11) is 0. The average molecular weight is 454 g/mol. The molecule has 0 saturated heterocycles. The maximum Gasteiger partial charge on any atom is 0.250 e. The van der Waals surface area contributed by atoms with E-state index in [2.05, 4.69) is 17.4 Å². The lowest BCUT2D eigenvalue weighted by Crippen LogP contribution is -2.32. The minimum absolute atomic E-state index is 0.0304. The SMILES string of the molecule is CC(=O)N1CCc2ccc(N(CCCNCc3ccccc3)C(=O)C=Cc3ccccc3)cc21. The third kappa shape index (κ3) is 6.00. The molecule has 0 radical (unpaired) electrons. The lowest BCUT2D eigenvalue weighted by Gasteiger charge is -2.24. The van der Waals surface area contributed by atoms with Crippen molar-refractivity contribution in [2.45, 2.75) is 26.3 Å². The van der Waals surface area contributed by atoms with Gasteiger partial charge in [0.05, 0.1) is 0 Å². The second kappa shape index (κ2) is 11.4. The van der Waals surface area contributed by atoms with E-state index in [4.69, 9.17) is 0 Å². The van der Waals surface area contributed by atoms with Crippen LogP contribution in [0.3, 0.4) is 0 Å². The van der Waals surface area contributed by atoms with Gasteiger partial charge in [0.15, 0.2) is 0 Å². The zero-order chi connectivity index (χ0) is 23.8. The number of amides is 2. The number of fused-ring (bicyclic) bond motifs is 1. The largest absolute Gasteiger partial charge is 0.313 e. The molecule has 1 heterocycles. The molecule has 3 aromatic carbocycles. The summed E-state index contributed by atoms with van der Waals surface area (Å²) in [6.07, 6.45) is 5.13. The van der Waals surface area contributed by atoms with E-state index in [1.807, 2.05) is 72.8 Å². The molecular formula is C29H31N3O2. The number of nitrogens with one attached hydrogen (secondary N) is 1. The zero-order valence-electron chi connectivity index (χ0n) is 19.6. The van der Waals surface area contributed by atoms with Gasteiger partial charge in [0.25, 0.3) is 5.91 Å². The smallest absolute Gasteiger partial charge is 0.250 e. The van der Waals surface area contributed by atoms with Crippen molar-refractivity contribution in [1.29, 1.82) is 0 Å². The Balaban J connectivity index is 1.47. The molecule has 0 unspecified atom stereocenters. The normalized spacial score (nSPS) is 12.7. The van der Waals surface area contributed by atoms with Crippen molar-refractivity contribution < 1.29 is 9.59 Å². The Morgan fingerprint density at radius 3 is 2.47 bits per heavy atom. The zero-order valence-corrected chi connectivity index (χ0v) is 19.6. The molecule has 2 amide bonds. The van der Waals surface area contributed by atoms with E-state index in [1.165, 1.54) is 5.56 Å². The summed E-state index contributed by atoms with van der Waals surface area (Å²) < 4.78 is 0. The van der Waals surface area contributed by atoms with Crippen molar-refractivity contribution in [2.75, 3.05) is 29.4 Å².